The SMILES string of the molecule is CCCCC/C=C\C/C=C\CCCCCCCCOC(COC(=O)CCCCCCCCCCCCCCC)COP(=O)(O)OCC[N+](C)(C)C. The second kappa shape index (κ2) is 36.0. The third-order valence-electron chi connectivity index (χ3n) is 9.05. The van der Waals surface area contributed by atoms with Gasteiger partial charge in [0.2, 0.25) is 0 Å². The van der Waals surface area contributed by atoms with Crippen molar-refractivity contribution in [3.05, 3.63) is 24.3 Å². The molecular formula is C42H83NO7P+. The van der Waals surface area contributed by atoms with E-state index in [1.807, 2.05) is 21.1 Å². The normalized spacial score (nSPS) is 14.1. The number of ether oxygens (including phenoxy) is 2. The minimum atomic E-state index is -4.24. The van der Waals surface area contributed by atoms with Gasteiger partial charge >= 0.3 is 13.8 Å². The van der Waals surface area contributed by atoms with E-state index >= 15 is 0 Å². The van der Waals surface area contributed by atoms with Gasteiger partial charge < -0.3 is 18.9 Å². The molecule has 8 nitrogen and oxygen atoms in total. The summed E-state index contributed by atoms with van der Waals surface area (Å²) >= 11 is 0. The highest BCUT2D eigenvalue weighted by atomic mass is 31.2. The molecular weight excluding hydrogens is 661 g/mol. The summed E-state index contributed by atoms with van der Waals surface area (Å²) in [5.41, 5.74) is 0. The molecule has 1 N–H and O–H groups in total. The van der Waals surface area contributed by atoms with Gasteiger partial charge in [0.25, 0.3) is 0 Å². The summed E-state index contributed by atoms with van der Waals surface area (Å²) in [4.78, 5) is 22.6. The van der Waals surface area contributed by atoms with Gasteiger partial charge in [-0.1, -0.05) is 154 Å². The number of hydrogen-bond acceptors (Lipinski definition) is 6. The number of quaternary nitrogens is 1. The van der Waals surface area contributed by atoms with Crippen molar-refractivity contribution in [1.29, 1.82) is 0 Å². The Morgan fingerprint density at radius 3 is 1.63 bits per heavy atom. The van der Waals surface area contributed by atoms with E-state index in [2.05, 4.69) is 38.2 Å². The topological polar surface area (TPSA) is 91.3 Å². The lowest BCUT2D eigenvalue weighted by Gasteiger charge is -2.24. The predicted octanol–water partition coefficient (Wildman–Crippen LogP) is 12.0. The molecule has 0 radical (unpaired) electrons. The standard InChI is InChI=1S/C42H82NO7P/c1-6-8-10-12-14-16-18-20-21-22-24-26-28-30-32-34-37-47-41(40-50-51(45,46)49-38-36-43(3,4)5)39-48-42(44)35-33-31-29-27-25-23-19-17-15-13-11-9-7-2/h14,16,20-21,41H,6-13,15,17-19,22-40H2,1-5H3/p+1/b16-14-,21-20-. The van der Waals surface area contributed by atoms with Crippen molar-refractivity contribution in [3.63, 3.8) is 0 Å². The van der Waals surface area contributed by atoms with Crippen LogP contribution in [-0.4, -0.2) is 75.6 Å². The van der Waals surface area contributed by atoms with Gasteiger partial charge in [-0.15, -0.1) is 0 Å². The van der Waals surface area contributed by atoms with Crippen LogP contribution in [0.1, 0.15) is 181 Å². The maximum atomic E-state index is 12.5. The van der Waals surface area contributed by atoms with E-state index < -0.39 is 13.9 Å². The van der Waals surface area contributed by atoms with Crippen molar-refractivity contribution in [2.45, 2.75) is 187 Å². The van der Waals surface area contributed by atoms with Crippen LogP contribution in [0.5, 0.6) is 0 Å². The minimum Gasteiger partial charge on any atom is -0.463 e. The average Bonchev–Trinajstić information content (AvgIpc) is 3.08. The van der Waals surface area contributed by atoms with Crippen LogP contribution in [0.15, 0.2) is 24.3 Å². The monoisotopic (exact) mass is 745 g/mol. The smallest absolute Gasteiger partial charge is 0.463 e. The molecule has 0 bridgehead atoms. The number of carbonyl (C=O) groups excluding carboxylic acids is 1. The summed E-state index contributed by atoms with van der Waals surface area (Å²) in [5.74, 6) is -0.258. The van der Waals surface area contributed by atoms with E-state index in [0.717, 1.165) is 51.4 Å². The van der Waals surface area contributed by atoms with Crippen molar-refractivity contribution >= 4 is 13.8 Å². The lowest BCUT2D eigenvalue weighted by Crippen LogP contribution is -2.37. The second-order valence-electron chi connectivity index (χ2n) is 15.4. The fourth-order valence-corrected chi connectivity index (χ4v) is 6.42. The predicted molar refractivity (Wildman–Crippen MR) is 215 cm³/mol. The Labute approximate surface area is 315 Å². The first-order valence-electron chi connectivity index (χ1n) is 21.1. The van der Waals surface area contributed by atoms with Crippen LogP contribution in [0, 0.1) is 0 Å². The molecule has 2 atom stereocenters. The molecule has 0 aromatic rings. The molecule has 0 amide bonds. The summed E-state index contributed by atoms with van der Waals surface area (Å²) in [6.45, 7) is 5.48. The summed E-state index contributed by atoms with van der Waals surface area (Å²) in [6.07, 6.45) is 39.3. The van der Waals surface area contributed by atoms with E-state index in [9.17, 15) is 14.3 Å². The first-order valence-corrected chi connectivity index (χ1v) is 22.6. The van der Waals surface area contributed by atoms with Crippen LogP contribution in [0.25, 0.3) is 0 Å². The maximum absolute atomic E-state index is 12.5. The van der Waals surface area contributed by atoms with Crippen molar-refractivity contribution in [1.82, 2.24) is 0 Å². The number of nitrogens with zero attached hydrogens (tertiary/aromatic N) is 1. The van der Waals surface area contributed by atoms with Crippen LogP contribution in [0.4, 0.5) is 0 Å². The molecule has 0 rings (SSSR count). The molecule has 0 aliphatic carbocycles. The molecule has 51 heavy (non-hydrogen) atoms. The molecule has 0 fully saturated rings. The number of phosphoric acid groups is 1. The zero-order chi connectivity index (χ0) is 37.7. The van der Waals surface area contributed by atoms with E-state index in [1.54, 1.807) is 0 Å². The Balaban J connectivity index is 4.26. The van der Waals surface area contributed by atoms with Crippen LogP contribution < -0.4 is 0 Å². The molecule has 0 aliphatic heterocycles. The molecule has 0 spiro atoms. The van der Waals surface area contributed by atoms with Crippen molar-refractivity contribution in [2.75, 3.05) is 54.1 Å². The molecule has 302 valence electrons. The molecule has 0 heterocycles. The van der Waals surface area contributed by atoms with Crippen LogP contribution in [0.2, 0.25) is 0 Å². The Morgan fingerprint density at radius 2 is 1.08 bits per heavy atom. The molecule has 0 saturated heterocycles. The number of unbranched alkanes of at least 4 members (excludes halogenated alkanes) is 21. The van der Waals surface area contributed by atoms with Crippen molar-refractivity contribution in [2.24, 2.45) is 0 Å². The van der Waals surface area contributed by atoms with Gasteiger partial charge in [-0.2, -0.15) is 0 Å². The summed E-state index contributed by atoms with van der Waals surface area (Å²) in [5, 5.41) is 0. The van der Waals surface area contributed by atoms with E-state index in [-0.39, 0.29) is 25.8 Å². The van der Waals surface area contributed by atoms with E-state index in [4.69, 9.17) is 18.5 Å². The summed E-state index contributed by atoms with van der Waals surface area (Å²) in [6, 6.07) is 0. The van der Waals surface area contributed by atoms with Crippen LogP contribution in [0.3, 0.4) is 0 Å². The minimum absolute atomic E-state index is 0.00166. The van der Waals surface area contributed by atoms with Gasteiger partial charge in [0, 0.05) is 13.0 Å². The Bertz CT molecular complexity index is 874. The van der Waals surface area contributed by atoms with Gasteiger partial charge in [0.15, 0.2) is 0 Å². The third kappa shape index (κ3) is 40.0. The molecule has 0 aliphatic rings. The molecule has 9 heteroatoms. The van der Waals surface area contributed by atoms with Crippen LogP contribution >= 0.6 is 7.82 Å². The number of esters is 1. The third-order valence-corrected chi connectivity index (χ3v) is 10.0. The fourth-order valence-electron chi connectivity index (χ4n) is 5.67. The van der Waals surface area contributed by atoms with Gasteiger partial charge in [0.05, 0.1) is 27.7 Å². The second-order valence-corrected chi connectivity index (χ2v) is 16.8. The quantitative estimate of drug-likeness (QED) is 0.0220. The molecule has 0 aromatic carbocycles. The first kappa shape index (κ1) is 50.0. The largest absolute Gasteiger partial charge is 0.472 e. The Morgan fingerprint density at radius 1 is 0.608 bits per heavy atom. The van der Waals surface area contributed by atoms with Crippen molar-refractivity contribution in [3.8, 4) is 0 Å². The average molecular weight is 745 g/mol. The number of carbonyl (C=O) groups is 1. The number of allylic oxidation sites excluding steroid dienone is 4. The van der Waals surface area contributed by atoms with E-state index in [0.29, 0.717) is 24.1 Å². The molecule has 2 unspecified atom stereocenters. The number of hydrogen-bond donors (Lipinski definition) is 1. The summed E-state index contributed by atoms with van der Waals surface area (Å²) < 4.78 is 35.0. The Kier molecular flexibility index (Phi) is 35.3. The van der Waals surface area contributed by atoms with E-state index in [1.165, 1.54) is 109 Å². The zero-order valence-electron chi connectivity index (χ0n) is 34.1. The van der Waals surface area contributed by atoms with Gasteiger partial charge in [-0.3, -0.25) is 13.8 Å². The number of likely N-dealkylation sites (N-methyl/N-ethyl adjacent to an activating group) is 1. The summed E-state index contributed by atoms with van der Waals surface area (Å²) in [7, 11) is 1.71. The Hall–Kier alpha value is -1.02. The highest BCUT2D eigenvalue weighted by molar-refractivity contribution is 7.47. The van der Waals surface area contributed by atoms with Gasteiger partial charge in [0.1, 0.15) is 25.9 Å². The highest BCUT2D eigenvalue weighted by Crippen LogP contribution is 2.43. The lowest BCUT2D eigenvalue weighted by molar-refractivity contribution is -0.870. The highest BCUT2D eigenvalue weighted by Gasteiger charge is 2.25. The molecule has 0 aromatic heterocycles. The lowest BCUT2D eigenvalue weighted by atomic mass is 10.0. The number of phosphoric ester groups is 1. The first-order chi connectivity index (χ1) is 24.6. The molecule has 0 saturated carbocycles. The van der Waals surface area contributed by atoms with Crippen molar-refractivity contribution < 1.29 is 37.3 Å². The number of rotatable bonds is 39. The zero-order valence-corrected chi connectivity index (χ0v) is 35.0. The van der Waals surface area contributed by atoms with Gasteiger partial charge in [-0.05, 0) is 44.9 Å². The maximum Gasteiger partial charge on any atom is 0.472 e. The fraction of sp³-hybridized carbons (Fsp3) is 0.881. The van der Waals surface area contributed by atoms with Gasteiger partial charge in [-0.25, -0.2) is 4.57 Å². The van der Waals surface area contributed by atoms with Crippen LogP contribution in [-0.2, 0) is 27.9 Å².